The Kier molecular flexibility index (Phi) is 5.44. The molecule has 0 aliphatic heterocycles. The number of rotatable bonds is 5. The molecule has 35 heavy (non-hydrogen) atoms. The van der Waals surface area contributed by atoms with Crippen molar-refractivity contribution in [1.29, 1.82) is 0 Å². The second-order valence-electron chi connectivity index (χ2n) is 8.30. The third-order valence-corrected chi connectivity index (χ3v) is 7.73. The topological polar surface area (TPSA) is 162 Å². The van der Waals surface area contributed by atoms with Crippen molar-refractivity contribution < 1.29 is 18.0 Å². The Labute approximate surface area is 200 Å². The number of amides is 2. The van der Waals surface area contributed by atoms with Crippen molar-refractivity contribution in [2.24, 2.45) is 0 Å². The van der Waals surface area contributed by atoms with E-state index in [0.717, 1.165) is 32.4 Å². The van der Waals surface area contributed by atoms with Gasteiger partial charge in [0, 0.05) is 35.2 Å². The van der Waals surface area contributed by atoms with Gasteiger partial charge in [-0.3, -0.25) is 14.6 Å². The van der Waals surface area contributed by atoms with Crippen molar-refractivity contribution in [3.05, 3.63) is 60.8 Å². The number of nitrogen functional groups attached to an aromatic ring is 1. The summed E-state index contributed by atoms with van der Waals surface area (Å²) in [4.78, 5) is 33.1. The normalized spacial score (nSPS) is 13.5. The highest BCUT2D eigenvalue weighted by atomic mass is 32.2. The number of nitrogens with two attached hydrogens (primary N) is 1. The highest BCUT2D eigenvalue weighted by molar-refractivity contribution is 7.90. The van der Waals surface area contributed by atoms with E-state index in [4.69, 9.17) is 5.73 Å². The van der Waals surface area contributed by atoms with Gasteiger partial charge in [0.1, 0.15) is 5.82 Å². The Bertz CT molecular complexity index is 1590. The molecular formula is C23H21N7O4S. The molecule has 1 aliphatic carbocycles. The zero-order valence-corrected chi connectivity index (χ0v) is 19.4. The van der Waals surface area contributed by atoms with Crippen LogP contribution in [0.25, 0.3) is 21.9 Å². The Hall–Kier alpha value is -4.32. The Balaban J connectivity index is 1.33. The van der Waals surface area contributed by atoms with Gasteiger partial charge < -0.3 is 16.4 Å². The van der Waals surface area contributed by atoms with E-state index >= 15 is 0 Å². The summed E-state index contributed by atoms with van der Waals surface area (Å²) < 4.78 is 25.3. The summed E-state index contributed by atoms with van der Waals surface area (Å²) in [5.74, 6) is -1.81. The minimum atomic E-state index is -3.57. The van der Waals surface area contributed by atoms with Gasteiger partial charge in [-0.1, -0.05) is 0 Å². The van der Waals surface area contributed by atoms with E-state index < -0.39 is 27.1 Å². The van der Waals surface area contributed by atoms with Crippen molar-refractivity contribution in [2.75, 3.05) is 16.4 Å². The summed E-state index contributed by atoms with van der Waals surface area (Å²) in [6.45, 7) is 1.97. The summed E-state index contributed by atoms with van der Waals surface area (Å²) in [7, 11) is -3.57. The molecule has 0 radical (unpaired) electrons. The first-order chi connectivity index (χ1) is 16.7. The molecule has 4 aromatic rings. The van der Waals surface area contributed by atoms with Crippen molar-refractivity contribution in [1.82, 2.24) is 19.2 Å². The van der Waals surface area contributed by atoms with Crippen LogP contribution in [0.2, 0.25) is 0 Å². The van der Waals surface area contributed by atoms with Gasteiger partial charge in [0.15, 0.2) is 0 Å². The van der Waals surface area contributed by atoms with Gasteiger partial charge in [-0.05, 0) is 60.5 Å². The molecule has 1 aliphatic rings. The maximum atomic E-state index is 12.4. The third-order valence-electron chi connectivity index (χ3n) is 5.69. The monoisotopic (exact) mass is 491 g/mol. The number of benzene rings is 1. The first kappa shape index (κ1) is 22.5. The van der Waals surface area contributed by atoms with Crippen LogP contribution in [0.4, 0.5) is 17.2 Å². The van der Waals surface area contributed by atoms with Crippen molar-refractivity contribution >= 4 is 49.8 Å². The molecule has 5 rings (SSSR count). The predicted molar refractivity (Wildman–Crippen MR) is 131 cm³/mol. The number of aromatic nitrogens is 4. The first-order valence-corrected chi connectivity index (χ1v) is 12.2. The number of aryl methyl sites for hydroxylation is 1. The summed E-state index contributed by atoms with van der Waals surface area (Å²) in [6.07, 6.45) is 8.48. The third kappa shape index (κ3) is 4.43. The van der Waals surface area contributed by atoms with Gasteiger partial charge in [0.05, 0.1) is 23.3 Å². The SMILES string of the molecule is Cc1ccncc1-c1cc(N)c2cnc(NC(=O)C(=O)Nc3cnn(S(=O)(=O)C4CC4)c3)cc2c1. The summed E-state index contributed by atoms with van der Waals surface area (Å²) >= 11 is 0. The Morgan fingerprint density at radius 2 is 1.86 bits per heavy atom. The van der Waals surface area contributed by atoms with E-state index in [2.05, 4.69) is 25.7 Å². The van der Waals surface area contributed by atoms with Gasteiger partial charge in [-0.2, -0.15) is 9.19 Å². The molecule has 3 heterocycles. The molecule has 0 spiro atoms. The number of hydrogen-bond donors (Lipinski definition) is 3. The number of carbonyl (C=O) groups excluding carboxylic acids is 2. The molecular weight excluding hydrogens is 470 g/mol. The van der Waals surface area contributed by atoms with E-state index in [9.17, 15) is 18.0 Å². The molecule has 3 aromatic heterocycles. The maximum Gasteiger partial charge on any atom is 0.315 e. The second-order valence-corrected chi connectivity index (χ2v) is 10.4. The van der Waals surface area contributed by atoms with Crippen molar-refractivity contribution in [2.45, 2.75) is 25.0 Å². The highest BCUT2D eigenvalue weighted by Crippen LogP contribution is 2.32. The largest absolute Gasteiger partial charge is 0.398 e. The number of nitrogens with zero attached hydrogens (tertiary/aromatic N) is 4. The zero-order valence-electron chi connectivity index (χ0n) is 18.6. The van der Waals surface area contributed by atoms with Crippen LogP contribution in [0.15, 0.2) is 55.2 Å². The van der Waals surface area contributed by atoms with E-state index in [0.29, 0.717) is 23.9 Å². The Morgan fingerprint density at radius 3 is 2.60 bits per heavy atom. The minimum absolute atomic E-state index is 0.0881. The highest BCUT2D eigenvalue weighted by Gasteiger charge is 2.37. The molecule has 1 saturated carbocycles. The van der Waals surface area contributed by atoms with Gasteiger partial charge >= 0.3 is 11.8 Å². The smallest absolute Gasteiger partial charge is 0.315 e. The number of pyridine rings is 2. The Morgan fingerprint density at radius 1 is 1.09 bits per heavy atom. The molecule has 4 N–H and O–H groups in total. The molecule has 11 nitrogen and oxygen atoms in total. The number of fused-ring (bicyclic) bond motifs is 1. The fourth-order valence-electron chi connectivity index (χ4n) is 3.66. The number of carbonyl (C=O) groups is 2. The zero-order chi connectivity index (χ0) is 24.7. The van der Waals surface area contributed by atoms with E-state index in [1.165, 1.54) is 12.4 Å². The van der Waals surface area contributed by atoms with Crippen molar-refractivity contribution in [3.63, 3.8) is 0 Å². The van der Waals surface area contributed by atoms with E-state index in [1.807, 2.05) is 25.1 Å². The lowest BCUT2D eigenvalue weighted by Gasteiger charge is -2.11. The average Bonchev–Trinajstić information content (AvgIpc) is 3.59. The molecule has 178 valence electrons. The summed E-state index contributed by atoms with van der Waals surface area (Å²) in [5, 5.41) is 9.54. The van der Waals surface area contributed by atoms with Crippen LogP contribution in [0.1, 0.15) is 18.4 Å². The maximum absolute atomic E-state index is 12.4. The number of anilines is 3. The molecule has 12 heteroatoms. The van der Waals surface area contributed by atoms with Gasteiger partial charge in [0.2, 0.25) is 0 Å². The van der Waals surface area contributed by atoms with Gasteiger partial charge in [0.25, 0.3) is 10.0 Å². The second kappa shape index (κ2) is 8.47. The summed E-state index contributed by atoms with van der Waals surface area (Å²) in [5.41, 5.74) is 9.64. The molecule has 0 atom stereocenters. The van der Waals surface area contributed by atoms with Gasteiger partial charge in [-0.15, -0.1) is 0 Å². The standard InChI is InChI=1S/C23H21N7O4S/c1-13-4-5-25-10-18(13)14-6-15-8-21(26-11-19(15)20(24)7-14)29-23(32)22(31)28-16-9-27-30(12-16)35(33,34)17-2-3-17/h4-12,17H,2-3,24H2,1H3,(H,28,31)(H,26,29,32). The minimum Gasteiger partial charge on any atom is -0.398 e. The molecule has 2 amide bonds. The molecule has 0 unspecified atom stereocenters. The van der Waals surface area contributed by atoms with E-state index in [1.54, 1.807) is 18.5 Å². The van der Waals surface area contributed by atoms with Crippen molar-refractivity contribution in [3.8, 4) is 11.1 Å². The molecule has 1 fully saturated rings. The first-order valence-electron chi connectivity index (χ1n) is 10.7. The van der Waals surface area contributed by atoms with Gasteiger partial charge in [-0.25, -0.2) is 13.4 Å². The average molecular weight is 492 g/mol. The predicted octanol–water partition coefficient (Wildman–Crippen LogP) is 2.30. The molecule has 0 bridgehead atoms. The fraction of sp³-hybridized carbons (Fsp3) is 0.174. The lowest BCUT2D eigenvalue weighted by atomic mass is 9.99. The fourth-order valence-corrected chi connectivity index (χ4v) is 5.14. The molecule has 0 saturated heterocycles. The van der Waals surface area contributed by atoms with Crippen LogP contribution in [-0.2, 0) is 19.6 Å². The van der Waals surface area contributed by atoms with Crippen LogP contribution in [0.5, 0.6) is 0 Å². The van der Waals surface area contributed by atoms with Crippen LogP contribution >= 0.6 is 0 Å². The van der Waals surface area contributed by atoms with Crippen LogP contribution in [0, 0.1) is 6.92 Å². The van der Waals surface area contributed by atoms with Crippen LogP contribution in [0.3, 0.4) is 0 Å². The lowest BCUT2D eigenvalue weighted by molar-refractivity contribution is -0.133. The van der Waals surface area contributed by atoms with E-state index in [-0.39, 0.29) is 11.5 Å². The number of nitrogens with one attached hydrogen (secondary N) is 2. The summed E-state index contributed by atoms with van der Waals surface area (Å²) in [6, 6.07) is 7.26. The molecule has 1 aromatic carbocycles. The van der Waals surface area contributed by atoms with Crippen LogP contribution < -0.4 is 16.4 Å². The lowest BCUT2D eigenvalue weighted by Crippen LogP contribution is -2.29. The number of hydrogen-bond acceptors (Lipinski definition) is 8. The quantitative estimate of drug-likeness (QED) is 0.283. The van der Waals surface area contributed by atoms with Crippen LogP contribution in [-0.4, -0.2) is 44.6 Å².